The highest BCUT2D eigenvalue weighted by molar-refractivity contribution is 9.10. The molecule has 0 aliphatic carbocycles. The molecule has 16 heavy (non-hydrogen) atoms. The van der Waals surface area contributed by atoms with E-state index in [2.05, 4.69) is 31.2 Å². The summed E-state index contributed by atoms with van der Waals surface area (Å²) in [6.45, 7) is 2.66. The van der Waals surface area contributed by atoms with Gasteiger partial charge in [-0.3, -0.25) is 0 Å². The van der Waals surface area contributed by atoms with Gasteiger partial charge in [0.05, 0.1) is 29.3 Å². The Morgan fingerprint density at radius 1 is 1.50 bits per heavy atom. The smallest absolute Gasteiger partial charge is 0.0925 e. The van der Waals surface area contributed by atoms with Crippen LogP contribution in [0.25, 0.3) is 0 Å². The number of imidazole rings is 1. The summed E-state index contributed by atoms with van der Waals surface area (Å²) >= 11 is 9.46. The number of nitrogens with one attached hydrogen (secondary N) is 2. The predicted octanol–water partition coefficient (Wildman–Crippen LogP) is 3.75. The van der Waals surface area contributed by atoms with Gasteiger partial charge in [-0.2, -0.15) is 0 Å². The van der Waals surface area contributed by atoms with E-state index in [-0.39, 0.29) is 0 Å². The van der Waals surface area contributed by atoms with E-state index in [0.29, 0.717) is 11.6 Å². The first-order valence-corrected chi connectivity index (χ1v) is 6.01. The number of hydrogen-bond donors (Lipinski definition) is 2. The first-order chi connectivity index (χ1) is 7.66. The van der Waals surface area contributed by atoms with E-state index >= 15 is 0 Å². The van der Waals surface area contributed by atoms with Gasteiger partial charge in [0, 0.05) is 10.2 Å². The highest BCUT2D eigenvalue weighted by Gasteiger charge is 2.03. The Kier molecular flexibility index (Phi) is 3.51. The summed E-state index contributed by atoms with van der Waals surface area (Å²) in [5.74, 6) is 0. The summed E-state index contributed by atoms with van der Waals surface area (Å²) in [4.78, 5) is 7.24. The van der Waals surface area contributed by atoms with E-state index in [1.165, 1.54) is 0 Å². The van der Waals surface area contributed by atoms with Crippen LogP contribution in [0.4, 0.5) is 5.69 Å². The quantitative estimate of drug-likeness (QED) is 0.906. The number of halogens is 2. The highest BCUT2D eigenvalue weighted by Crippen LogP contribution is 2.25. The third-order valence-corrected chi connectivity index (χ3v) is 3.12. The van der Waals surface area contributed by atoms with E-state index in [1.54, 1.807) is 6.33 Å². The van der Waals surface area contributed by atoms with Crippen molar-refractivity contribution in [3.63, 3.8) is 0 Å². The van der Waals surface area contributed by atoms with Crippen LogP contribution in [0.15, 0.2) is 29.0 Å². The lowest BCUT2D eigenvalue weighted by atomic mass is 10.3. The SMILES string of the molecule is Cc1[nH]cnc1CNc1ccc(Br)cc1Cl. The molecule has 0 bridgehead atoms. The lowest BCUT2D eigenvalue weighted by Gasteiger charge is -2.07. The third-order valence-electron chi connectivity index (χ3n) is 2.31. The summed E-state index contributed by atoms with van der Waals surface area (Å²) in [5.41, 5.74) is 2.98. The minimum atomic E-state index is 0.663. The van der Waals surface area contributed by atoms with Gasteiger partial charge in [-0.25, -0.2) is 4.98 Å². The minimum Gasteiger partial charge on any atom is -0.378 e. The molecule has 1 aromatic heterocycles. The maximum atomic E-state index is 6.09. The molecule has 2 aromatic rings. The Balaban J connectivity index is 2.08. The van der Waals surface area contributed by atoms with Gasteiger partial charge in [0.25, 0.3) is 0 Å². The molecule has 3 nitrogen and oxygen atoms in total. The molecule has 1 heterocycles. The van der Waals surface area contributed by atoms with Gasteiger partial charge in [-0.15, -0.1) is 0 Å². The van der Waals surface area contributed by atoms with Crippen LogP contribution in [0, 0.1) is 6.92 Å². The number of aryl methyl sites for hydroxylation is 1. The van der Waals surface area contributed by atoms with Crippen LogP contribution in [0.1, 0.15) is 11.4 Å². The second kappa shape index (κ2) is 4.89. The van der Waals surface area contributed by atoms with Gasteiger partial charge >= 0.3 is 0 Å². The topological polar surface area (TPSA) is 40.7 Å². The predicted molar refractivity (Wildman–Crippen MR) is 69.8 cm³/mol. The average molecular weight is 301 g/mol. The Morgan fingerprint density at radius 3 is 2.94 bits per heavy atom. The highest BCUT2D eigenvalue weighted by atomic mass is 79.9. The number of H-pyrrole nitrogens is 1. The van der Waals surface area contributed by atoms with Gasteiger partial charge in [0.2, 0.25) is 0 Å². The first kappa shape index (κ1) is 11.5. The van der Waals surface area contributed by atoms with Crippen LogP contribution < -0.4 is 5.32 Å². The zero-order valence-electron chi connectivity index (χ0n) is 8.72. The molecule has 0 aliphatic rings. The lowest BCUT2D eigenvalue weighted by Crippen LogP contribution is -2.01. The second-order valence-electron chi connectivity index (χ2n) is 3.45. The Labute approximate surface area is 107 Å². The fourth-order valence-electron chi connectivity index (χ4n) is 1.38. The van der Waals surface area contributed by atoms with Gasteiger partial charge in [0.1, 0.15) is 0 Å². The molecule has 0 aliphatic heterocycles. The fourth-order valence-corrected chi connectivity index (χ4v) is 2.12. The maximum Gasteiger partial charge on any atom is 0.0925 e. The molecule has 84 valence electrons. The summed E-state index contributed by atoms with van der Waals surface area (Å²) in [6.07, 6.45) is 1.69. The second-order valence-corrected chi connectivity index (χ2v) is 4.77. The van der Waals surface area contributed by atoms with E-state index in [4.69, 9.17) is 11.6 Å². The Hall–Kier alpha value is -1.000. The van der Waals surface area contributed by atoms with Crippen molar-refractivity contribution in [1.29, 1.82) is 0 Å². The van der Waals surface area contributed by atoms with Gasteiger partial charge in [0.15, 0.2) is 0 Å². The van der Waals surface area contributed by atoms with Crippen LogP contribution in [-0.4, -0.2) is 9.97 Å². The molecule has 0 atom stereocenters. The number of rotatable bonds is 3. The fraction of sp³-hybridized carbons (Fsp3) is 0.182. The largest absolute Gasteiger partial charge is 0.378 e. The van der Waals surface area contributed by atoms with Crippen molar-refractivity contribution < 1.29 is 0 Å². The Morgan fingerprint density at radius 2 is 2.31 bits per heavy atom. The van der Waals surface area contributed by atoms with Crippen molar-refractivity contribution in [3.05, 3.63) is 45.4 Å². The third kappa shape index (κ3) is 2.57. The monoisotopic (exact) mass is 299 g/mol. The van der Waals surface area contributed by atoms with Crippen LogP contribution >= 0.6 is 27.5 Å². The molecule has 5 heteroatoms. The van der Waals surface area contributed by atoms with Crippen molar-refractivity contribution in [2.45, 2.75) is 13.5 Å². The lowest BCUT2D eigenvalue weighted by molar-refractivity contribution is 1.05. The van der Waals surface area contributed by atoms with Crippen LogP contribution in [0.2, 0.25) is 5.02 Å². The van der Waals surface area contributed by atoms with Crippen molar-refractivity contribution >= 4 is 33.2 Å². The first-order valence-electron chi connectivity index (χ1n) is 4.84. The summed E-state index contributed by atoms with van der Waals surface area (Å²) in [5, 5.41) is 3.94. The maximum absolute atomic E-state index is 6.09. The molecule has 1 aromatic carbocycles. The summed E-state index contributed by atoms with van der Waals surface area (Å²) in [6, 6.07) is 5.75. The molecular weight excluding hydrogens is 289 g/mol. The number of aromatic nitrogens is 2. The average Bonchev–Trinajstić information content (AvgIpc) is 2.63. The van der Waals surface area contributed by atoms with E-state index < -0.39 is 0 Å². The van der Waals surface area contributed by atoms with Crippen molar-refractivity contribution in [2.24, 2.45) is 0 Å². The van der Waals surface area contributed by atoms with Crippen molar-refractivity contribution in [2.75, 3.05) is 5.32 Å². The van der Waals surface area contributed by atoms with Crippen LogP contribution in [0.5, 0.6) is 0 Å². The number of hydrogen-bond acceptors (Lipinski definition) is 2. The zero-order chi connectivity index (χ0) is 11.5. The van der Waals surface area contributed by atoms with Gasteiger partial charge in [-0.1, -0.05) is 27.5 Å². The molecule has 2 N–H and O–H groups in total. The molecule has 0 saturated heterocycles. The molecule has 0 radical (unpaired) electrons. The van der Waals surface area contributed by atoms with E-state index in [1.807, 2.05) is 25.1 Å². The van der Waals surface area contributed by atoms with Crippen molar-refractivity contribution in [1.82, 2.24) is 9.97 Å². The van der Waals surface area contributed by atoms with Crippen LogP contribution in [0.3, 0.4) is 0 Å². The number of anilines is 1. The number of benzene rings is 1. The molecular formula is C11H11BrClN3. The summed E-state index contributed by atoms with van der Waals surface area (Å²) < 4.78 is 0.971. The van der Waals surface area contributed by atoms with Crippen LogP contribution in [-0.2, 0) is 6.54 Å². The number of aromatic amines is 1. The number of nitrogens with zero attached hydrogens (tertiary/aromatic N) is 1. The molecule has 0 fully saturated rings. The Bertz CT molecular complexity index is 496. The summed E-state index contributed by atoms with van der Waals surface area (Å²) in [7, 11) is 0. The van der Waals surface area contributed by atoms with E-state index in [0.717, 1.165) is 21.5 Å². The molecule has 0 spiro atoms. The minimum absolute atomic E-state index is 0.663. The van der Waals surface area contributed by atoms with Gasteiger partial charge < -0.3 is 10.3 Å². The molecule has 0 saturated carbocycles. The molecule has 0 amide bonds. The molecule has 2 rings (SSSR count). The zero-order valence-corrected chi connectivity index (χ0v) is 11.1. The normalized spacial score (nSPS) is 10.4. The van der Waals surface area contributed by atoms with Gasteiger partial charge in [-0.05, 0) is 25.1 Å². The van der Waals surface area contributed by atoms with E-state index in [9.17, 15) is 0 Å². The molecule has 0 unspecified atom stereocenters. The van der Waals surface area contributed by atoms with Crippen molar-refractivity contribution in [3.8, 4) is 0 Å². The standard InChI is InChI=1S/C11H11BrClN3/c1-7-11(16-6-15-7)5-14-10-3-2-8(12)4-9(10)13/h2-4,6,14H,5H2,1H3,(H,15,16).